The molecule has 0 spiro atoms. The molecule has 0 saturated heterocycles. The van der Waals surface area contributed by atoms with Crippen molar-refractivity contribution in [3.05, 3.63) is 23.0 Å². The minimum absolute atomic E-state index is 0.142. The summed E-state index contributed by atoms with van der Waals surface area (Å²) in [5.41, 5.74) is 0.945. The minimum Gasteiger partial charge on any atom is -0.506 e. The van der Waals surface area contributed by atoms with Gasteiger partial charge in [-0.25, -0.2) is 0 Å². The molecule has 0 radical (unpaired) electrons. The van der Waals surface area contributed by atoms with E-state index in [0.717, 1.165) is 5.69 Å². The molecule has 0 bridgehead atoms. The van der Waals surface area contributed by atoms with Gasteiger partial charge >= 0.3 is 0 Å². The van der Waals surface area contributed by atoms with E-state index in [1.54, 1.807) is 6.07 Å². The first-order valence-electron chi connectivity index (χ1n) is 4.12. The van der Waals surface area contributed by atoms with Crippen molar-refractivity contribution in [1.82, 2.24) is 4.98 Å². The number of halogens is 1. The third-order valence-electron chi connectivity index (χ3n) is 2.35. The summed E-state index contributed by atoms with van der Waals surface area (Å²) < 4.78 is 0. The number of aromatic nitrogens is 1. The molecule has 2 nitrogen and oxygen atoms in total. The summed E-state index contributed by atoms with van der Waals surface area (Å²) >= 11 is 5.91. The van der Waals surface area contributed by atoms with Crippen LogP contribution < -0.4 is 0 Å². The Kier molecular flexibility index (Phi) is 1.93. The molecule has 3 heteroatoms. The van der Waals surface area contributed by atoms with Gasteiger partial charge in [-0.1, -0.05) is 18.0 Å². The van der Waals surface area contributed by atoms with Crippen LogP contribution in [0.3, 0.4) is 0 Å². The van der Waals surface area contributed by atoms with E-state index < -0.39 is 0 Å². The number of pyridine rings is 1. The Bertz CT molecular complexity index is 297. The first kappa shape index (κ1) is 7.87. The second kappa shape index (κ2) is 2.94. The molecular formula is C9H10ClNO. The van der Waals surface area contributed by atoms with Crippen LogP contribution in [0.4, 0.5) is 0 Å². The van der Waals surface area contributed by atoms with Crippen LogP contribution in [0.25, 0.3) is 0 Å². The maximum Gasteiger partial charge on any atom is 0.135 e. The van der Waals surface area contributed by atoms with Crippen molar-refractivity contribution in [2.24, 2.45) is 0 Å². The Morgan fingerprint density at radius 2 is 2.25 bits per heavy atom. The van der Waals surface area contributed by atoms with Crippen LogP contribution in [-0.2, 0) is 0 Å². The van der Waals surface area contributed by atoms with Crippen LogP contribution >= 0.6 is 11.6 Å². The van der Waals surface area contributed by atoms with Gasteiger partial charge in [0.05, 0.1) is 16.9 Å². The summed E-state index contributed by atoms with van der Waals surface area (Å²) in [4.78, 5) is 4.12. The van der Waals surface area contributed by atoms with Crippen LogP contribution in [0.5, 0.6) is 5.75 Å². The highest BCUT2D eigenvalue weighted by Gasteiger charge is 2.23. The molecule has 12 heavy (non-hydrogen) atoms. The van der Waals surface area contributed by atoms with Gasteiger partial charge < -0.3 is 5.11 Å². The molecule has 1 saturated carbocycles. The molecular weight excluding hydrogens is 174 g/mol. The van der Waals surface area contributed by atoms with E-state index >= 15 is 0 Å². The smallest absolute Gasteiger partial charge is 0.135 e. The minimum atomic E-state index is 0.142. The van der Waals surface area contributed by atoms with Gasteiger partial charge in [-0.05, 0) is 12.8 Å². The molecule has 0 amide bonds. The van der Waals surface area contributed by atoms with Crippen molar-refractivity contribution in [1.29, 1.82) is 0 Å². The highest BCUT2D eigenvalue weighted by molar-refractivity contribution is 6.31. The molecule has 1 N–H and O–H groups in total. The Morgan fingerprint density at radius 1 is 1.50 bits per heavy atom. The van der Waals surface area contributed by atoms with Crippen LogP contribution in [0, 0.1) is 0 Å². The second-order valence-electron chi connectivity index (χ2n) is 3.19. The van der Waals surface area contributed by atoms with Gasteiger partial charge in [0.15, 0.2) is 0 Å². The lowest BCUT2D eigenvalue weighted by Gasteiger charge is -2.25. The normalized spacial score (nSPS) is 17.4. The van der Waals surface area contributed by atoms with Crippen molar-refractivity contribution in [3.8, 4) is 5.75 Å². The van der Waals surface area contributed by atoms with E-state index in [1.807, 2.05) is 0 Å². The average Bonchev–Trinajstić information content (AvgIpc) is 1.91. The van der Waals surface area contributed by atoms with Crippen LogP contribution in [0.2, 0.25) is 5.02 Å². The van der Waals surface area contributed by atoms with E-state index in [4.69, 9.17) is 16.7 Å². The lowest BCUT2D eigenvalue weighted by Crippen LogP contribution is -2.10. The quantitative estimate of drug-likeness (QED) is 0.726. The highest BCUT2D eigenvalue weighted by atomic mass is 35.5. The molecule has 1 fully saturated rings. The first-order valence-corrected chi connectivity index (χ1v) is 4.49. The van der Waals surface area contributed by atoms with Crippen molar-refractivity contribution < 1.29 is 5.11 Å². The maximum absolute atomic E-state index is 9.06. The lowest BCUT2D eigenvalue weighted by atomic mass is 9.83. The van der Waals surface area contributed by atoms with Gasteiger partial charge in [-0.15, -0.1) is 0 Å². The van der Waals surface area contributed by atoms with Crippen LogP contribution in [-0.4, -0.2) is 10.1 Å². The van der Waals surface area contributed by atoms with Crippen molar-refractivity contribution in [3.63, 3.8) is 0 Å². The van der Waals surface area contributed by atoms with Gasteiger partial charge in [-0.2, -0.15) is 0 Å². The monoisotopic (exact) mass is 183 g/mol. The Hall–Kier alpha value is -0.760. The molecule has 64 valence electrons. The SMILES string of the molecule is Oc1cnc(C2CCC2)c(Cl)c1. The standard InChI is InChI=1S/C9H10ClNO/c10-8-4-7(12)5-11-9(8)6-2-1-3-6/h4-6,12H,1-3H2. The van der Waals surface area contributed by atoms with Gasteiger partial charge in [0, 0.05) is 12.0 Å². The van der Waals surface area contributed by atoms with E-state index in [1.165, 1.54) is 25.5 Å². The fourth-order valence-corrected chi connectivity index (χ4v) is 1.74. The van der Waals surface area contributed by atoms with Crippen molar-refractivity contribution in [2.45, 2.75) is 25.2 Å². The van der Waals surface area contributed by atoms with Gasteiger partial charge in [-0.3, -0.25) is 4.98 Å². The van der Waals surface area contributed by atoms with Gasteiger partial charge in [0.2, 0.25) is 0 Å². The largest absolute Gasteiger partial charge is 0.506 e. The highest BCUT2D eigenvalue weighted by Crippen LogP contribution is 2.38. The molecule has 1 aromatic heterocycles. The van der Waals surface area contributed by atoms with Crippen molar-refractivity contribution in [2.75, 3.05) is 0 Å². The topological polar surface area (TPSA) is 33.1 Å². The third-order valence-corrected chi connectivity index (χ3v) is 2.65. The molecule has 1 aliphatic rings. The Balaban J connectivity index is 2.31. The molecule has 0 atom stereocenters. The van der Waals surface area contributed by atoms with E-state index in [2.05, 4.69) is 4.98 Å². The molecule has 0 aromatic carbocycles. The molecule has 2 rings (SSSR count). The lowest BCUT2D eigenvalue weighted by molar-refractivity contribution is 0.409. The second-order valence-corrected chi connectivity index (χ2v) is 3.60. The number of hydrogen-bond acceptors (Lipinski definition) is 2. The van der Waals surface area contributed by atoms with Crippen LogP contribution in [0.1, 0.15) is 30.9 Å². The van der Waals surface area contributed by atoms with E-state index in [-0.39, 0.29) is 5.75 Å². The predicted molar refractivity (Wildman–Crippen MR) is 47.5 cm³/mol. The maximum atomic E-state index is 9.06. The number of aromatic hydroxyl groups is 1. The predicted octanol–water partition coefficient (Wildman–Crippen LogP) is 2.71. The number of nitrogens with zero attached hydrogens (tertiary/aromatic N) is 1. The van der Waals surface area contributed by atoms with E-state index in [9.17, 15) is 0 Å². The molecule has 1 aromatic rings. The summed E-state index contributed by atoms with van der Waals surface area (Å²) in [5, 5.41) is 9.66. The fourth-order valence-electron chi connectivity index (χ4n) is 1.42. The molecule has 1 heterocycles. The summed E-state index contributed by atoms with van der Waals surface area (Å²) in [6.45, 7) is 0. The third kappa shape index (κ3) is 1.27. The average molecular weight is 184 g/mol. The van der Waals surface area contributed by atoms with Crippen molar-refractivity contribution >= 4 is 11.6 Å². The fraction of sp³-hybridized carbons (Fsp3) is 0.444. The zero-order chi connectivity index (χ0) is 8.55. The van der Waals surface area contributed by atoms with Crippen LogP contribution in [0.15, 0.2) is 12.3 Å². The van der Waals surface area contributed by atoms with E-state index in [0.29, 0.717) is 10.9 Å². The zero-order valence-electron chi connectivity index (χ0n) is 6.63. The Morgan fingerprint density at radius 3 is 2.75 bits per heavy atom. The molecule has 0 aliphatic heterocycles. The Labute approximate surface area is 76.2 Å². The summed E-state index contributed by atoms with van der Waals surface area (Å²) in [6.07, 6.45) is 5.08. The first-order chi connectivity index (χ1) is 5.77. The number of rotatable bonds is 1. The molecule has 0 unspecified atom stereocenters. The molecule has 1 aliphatic carbocycles. The zero-order valence-corrected chi connectivity index (χ0v) is 7.38. The summed E-state index contributed by atoms with van der Waals surface area (Å²) in [6, 6.07) is 1.56. The summed E-state index contributed by atoms with van der Waals surface area (Å²) in [5.74, 6) is 0.668. The van der Waals surface area contributed by atoms with Gasteiger partial charge in [0.25, 0.3) is 0 Å². The number of hydrogen-bond donors (Lipinski definition) is 1. The summed E-state index contributed by atoms with van der Waals surface area (Å²) in [7, 11) is 0. The van der Waals surface area contributed by atoms with Gasteiger partial charge in [0.1, 0.15) is 5.75 Å².